The van der Waals surface area contributed by atoms with E-state index in [1.54, 1.807) is 11.1 Å². The molecule has 6 heteroatoms. The smallest absolute Gasteiger partial charge is 0.274 e. The molecule has 6 nitrogen and oxygen atoms in total. The molecule has 1 heterocycles. The minimum absolute atomic E-state index is 0.0244. The van der Waals surface area contributed by atoms with E-state index < -0.39 is 0 Å². The van der Waals surface area contributed by atoms with Crippen LogP contribution >= 0.6 is 0 Å². The summed E-state index contributed by atoms with van der Waals surface area (Å²) in [4.78, 5) is 22.8. The van der Waals surface area contributed by atoms with Gasteiger partial charge in [0.15, 0.2) is 0 Å². The van der Waals surface area contributed by atoms with Gasteiger partial charge < -0.3 is 15.3 Å². The summed E-state index contributed by atoms with van der Waals surface area (Å²) in [5.74, 6) is 0.488. The first kappa shape index (κ1) is 15.7. The van der Waals surface area contributed by atoms with Crippen LogP contribution in [0.3, 0.4) is 0 Å². The molecule has 116 valence electrons. The number of carbonyl (C=O) groups excluding carboxylic acids is 1. The summed E-state index contributed by atoms with van der Waals surface area (Å²) in [6.45, 7) is 3.20. The van der Waals surface area contributed by atoms with Crippen molar-refractivity contribution in [2.24, 2.45) is 0 Å². The van der Waals surface area contributed by atoms with Gasteiger partial charge in [-0.3, -0.25) is 9.78 Å². The monoisotopic (exact) mass is 292 g/mol. The van der Waals surface area contributed by atoms with Crippen molar-refractivity contribution < 1.29 is 9.90 Å². The van der Waals surface area contributed by atoms with Gasteiger partial charge in [-0.2, -0.15) is 0 Å². The van der Waals surface area contributed by atoms with Gasteiger partial charge in [-0.15, -0.1) is 0 Å². The van der Waals surface area contributed by atoms with Crippen LogP contribution in [0.25, 0.3) is 0 Å². The molecule has 2 N–H and O–H groups in total. The molecule has 2 rings (SSSR count). The normalized spacial score (nSPS) is 15.1. The number of carbonyl (C=O) groups is 1. The maximum absolute atomic E-state index is 12.6. The van der Waals surface area contributed by atoms with Crippen LogP contribution < -0.4 is 5.32 Å². The van der Waals surface area contributed by atoms with Crippen molar-refractivity contribution in [2.75, 3.05) is 25.0 Å². The van der Waals surface area contributed by atoms with Crippen molar-refractivity contribution in [3.8, 4) is 0 Å². The second kappa shape index (κ2) is 7.93. The molecule has 1 aromatic heterocycles. The number of aliphatic hydroxyl groups excluding tert-OH is 1. The Morgan fingerprint density at radius 2 is 2.19 bits per heavy atom. The van der Waals surface area contributed by atoms with Gasteiger partial charge in [0.1, 0.15) is 11.5 Å². The lowest BCUT2D eigenvalue weighted by molar-refractivity contribution is 0.0631. The van der Waals surface area contributed by atoms with E-state index in [-0.39, 0.29) is 18.6 Å². The molecule has 0 aromatic carbocycles. The zero-order chi connectivity index (χ0) is 15.1. The largest absolute Gasteiger partial charge is 0.395 e. The van der Waals surface area contributed by atoms with E-state index in [0.29, 0.717) is 18.1 Å². The molecule has 0 aliphatic heterocycles. The average molecular weight is 292 g/mol. The Morgan fingerprint density at radius 1 is 1.43 bits per heavy atom. The zero-order valence-corrected chi connectivity index (χ0v) is 12.6. The molecule has 0 radical (unpaired) electrons. The van der Waals surface area contributed by atoms with Crippen LogP contribution in [0.2, 0.25) is 0 Å². The maximum Gasteiger partial charge on any atom is 0.274 e. The fraction of sp³-hybridized carbons (Fsp3) is 0.667. The summed E-state index contributed by atoms with van der Waals surface area (Å²) < 4.78 is 0. The van der Waals surface area contributed by atoms with Crippen molar-refractivity contribution in [2.45, 2.75) is 45.1 Å². The highest BCUT2D eigenvalue weighted by molar-refractivity contribution is 5.92. The van der Waals surface area contributed by atoms with E-state index in [1.807, 2.05) is 0 Å². The van der Waals surface area contributed by atoms with E-state index in [1.165, 1.54) is 6.20 Å². The Hall–Kier alpha value is -1.69. The first-order valence-corrected chi connectivity index (χ1v) is 7.74. The van der Waals surface area contributed by atoms with E-state index in [2.05, 4.69) is 22.2 Å². The molecule has 0 saturated heterocycles. The van der Waals surface area contributed by atoms with E-state index in [0.717, 1.165) is 38.6 Å². The minimum atomic E-state index is -0.136. The third-order valence-electron chi connectivity index (χ3n) is 3.78. The van der Waals surface area contributed by atoms with Crippen molar-refractivity contribution in [1.82, 2.24) is 14.9 Å². The van der Waals surface area contributed by atoms with Crippen LogP contribution in [0.15, 0.2) is 12.4 Å². The van der Waals surface area contributed by atoms with Gasteiger partial charge in [-0.1, -0.05) is 19.8 Å². The van der Waals surface area contributed by atoms with Crippen molar-refractivity contribution in [3.05, 3.63) is 18.1 Å². The van der Waals surface area contributed by atoms with Crippen molar-refractivity contribution in [1.29, 1.82) is 0 Å². The summed E-state index contributed by atoms with van der Waals surface area (Å²) in [5.41, 5.74) is 0.344. The maximum atomic E-state index is 12.6. The van der Waals surface area contributed by atoms with Crippen molar-refractivity contribution >= 4 is 11.7 Å². The second-order valence-corrected chi connectivity index (χ2v) is 5.38. The third-order valence-corrected chi connectivity index (χ3v) is 3.78. The number of anilines is 1. The highest BCUT2D eigenvalue weighted by Gasteiger charge is 2.27. The molecular weight excluding hydrogens is 268 g/mol. The van der Waals surface area contributed by atoms with Crippen LogP contribution in [-0.2, 0) is 0 Å². The molecule has 0 unspecified atom stereocenters. The van der Waals surface area contributed by atoms with E-state index in [9.17, 15) is 9.90 Å². The molecule has 1 amide bonds. The Bertz CT molecular complexity index is 461. The molecule has 1 aliphatic rings. The number of aliphatic hydroxyl groups is 1. The summed E-state index contributed by atoms with van der Waals surface area (Å²) in [5, 5.41) is 12.4. The number of aromatic nitrogens is 2. The lowest BCUT2D eigenvalue weighted by Gasteiger charge is -2.28. The van der Waals surface area contributed by atoms with Gasteiger partial charge in [0.25, 0.3) is 5.91 Å². The second-order valence-electron chi connectivity index (χ2n) is 5.38. The summed E-state index contributed by atoms with van der Waals surface area (Å²) in [7, 11) is 0. The number of amides is 1. The summed E-state index contributed by atoms with van der Waals surface area (Å²) in [6, 6.07) is 0.221. The number of hydrogen-bond acceptors (Lipinski definition) is 5. The van der Waals surface area contributed by atoms with Gasteiger partial charge in [-0.25, -0.2) is 4.98 Å². The quantitative estimate of drug-likeness (QED) is 0.799. The molecule has 0 atom stereocenters. The number of nitrogens with one attached hydrogen (secondary N) is 1. The minimum Gasteiger partial charge on any atom is -0.395 e. The lowest BCUT2D eigenvalue weighted by Crippen LogP contribution is -2.41. The Balaban J connectivity index is 2.11. The van der Waals surface area contributed by atoms with E-state index in [4.69, 9.17) is 0 Å². The van der Waals surface area contributed by atoms with Crippen LogP contribution in [0.4, 0.5) is 5.82 Å². The molecule has 1 aliphatic carbocycles. The number of hydrogen-bond donors (Lipinski definition) is 2. The molecular formula is C15H24N4O2. The Morgan fingerprint density at radius 3 is 2.86 bits per heavy atom. The third kappa shape index (κ3) is 4.14. The van der Waals surface area contributed by atoms with Crippen LogP contribution in [0.5, 0.6) is 0 Å². The Labute approximate surface area is 125 Å². The topological polar surface area (TPSA) is 78.4 Å². The number of rotatable bonds is 7. The number of nitrogens with zero attached hydrogens (tertiary/aromatic N) is 3. The molecule has 0 spiro atoms. The van der Waals surface area contributed by atoms with Crippen LogP contribution in [0, 0.1) is 0 Å². The summed E-state index contributed by atoms with van der Waals surface area (Å²) in [6.07, 6.45) is 8.41. The predicted octanol–water partition coefficient (Wildman–Crippen LogP) is 1.68. The molecule has 21 heavy (non-hydrogen) atoms. The van der Waals surface area contributed by atoms with Gasteiger partial charge in [-0.05, 0) is 19.3 Å². The van der Waals surface area contributed by atoms with Gasteiger partial charge >= 0.3 is 0 Å². The van der Waals surface area contributed by atoms with Gasteiger partial charge in [0.2, 0.25) is 0 Å². The molecule has 1 saturated carbocycles. The first-order chi connectivity index (χ1) is 10.3. The summed E-state index contributed by atoms with van der Waals surface area (Å²) >= 11 is 0. The van der Waals surface area contributed by atoms with Gasteiger partial charge in [0, 0.05) is 19.1 Å². The van der Waals surface area contributed by atoms with Crippen LogP contribution in [0.1, 0.15) is 49.5 Å². The molecule has 1 fully saturated rings. The SMILES string of the molecule is CCCNc1cncc(C(=O)N(CCO)C2CCCC2)n1. The Kier molecular flexibility index (Phi) is 5.92. The fourth-order valence-electron chi connectivity index (χ4n) is 2.73. The zero-order valence-electron chi connectivity index (χ0n) is 12.6. The highest BCUT2D eigenvalue weighted by Crippen LogP contribution is 2.24. The first-order valence-electron chi connectivity index (χ1n) is 7.74. The molecule has 1 aromatic rings. The lowest BCUT2D eigenvalue weighted by atomic mass is 10.2. The van der Waals surface area contributed by atoms with Gasteiger partial charge in [0.05, 0.1) is 19.0 Å². The highest BCUT2D eigenvalue weighted by atomic mass is 16.3. The average Bonchev–Trinajstić information content (AvgIpc) is 3.04. The van der Waals surface area contributed by atoms with Crippen molar-refractivity contribution in [3.63, 3.8) is 0 Å². The predicted molar refractivity (Wildman–Crippen MR) is 81.2 cm³/mol. The standard InChI is InChI=1S/C15H24N4O2/c1-2-7-17-14-11-16-10-13(18-14)15(21)19(8-9-20)12-5-3-4-6-12/h10-12,20H,2-9H2,1H3,(H,17,18). The molecule has 0 bridgehead atoms. The van der Waals surface area contributed by atoms with Crippen LogP contribution in [-0.4, -0.2) is 51.6 Å². The van der Waals surface area contributed by atoms with E-state index >= 15 is 0 Å². The fourth-order valence-corrected chi connectivity index (χ4v) is 2.73.